The van der Waals surface area contributed by atoms with E-state index in [1.807, 2.05) is 24.3 Å². The third kappa shape index (κ3) is 3.01. The molecule has 0 amide bonds. The van der Waals surface area contributed by atoms with E-state index in [-0.39, 0.29) is 12.2 Å². The second-order valence-corrected chi connectivity index (χ2v) is 7.02. The summed E-state index contributed by atoms with van der Waals surface area (Å²) >= 11 is 0. The van der Waals surface area contributed by atoms with Gasteiger partial charge in [-0.1, -0.05) is 12.1 Å². The van der Waals surface area contributed by atoms with Crippen LogP contribution in [0, 0.1) is 0 Å². The lowest BCUT2D eigenvalue weighted by molar-refractivity contribution is 0.131. The summed E-state index contributed by atoms with van der Waals surface area (Å²) in [5.41, 5.74) is 1.72. The fourth-order valence-corrected chi connectivity index (χ4v) is 3.31. The van der Waals surface area contributed by atoms with Crippen molar-refractivity contribution in [3.8, 4) is 17.2 Å². The van der Waals surface area contributed by atoms with Gasteiger partial charge < -0.3 is 18.6 Å². The lowest BCUT2D eigenvalue weighted by atomic mass is 10.0. The topological polar surface area (TPSA) is 57.9 Å². The maximum atomic E-state index is 11.9. The zero-order chi connectivity index (χ0) is 18.3. The molecule has 4 rings (SSSR count). The van der Waals surface area contributed by atoms with Crippen LogP contribution in [0.15, 0.2) is 51.7 Å². The molecule has 0 N–H and O–H groups in total. The number of para-hydroxylation sites is 1. The molecule has 26 heavy (non-hydrogen) atoms. The fourth-order valence-electron chi connectivity index (χ4n) is 3.31. The van der Waals surface area contributed by atoms with Crippen molar-refractivity contribution in [2.24, 2.45) is 0 Å². The molecule has 5 heteroatoms. The van der Waals surface area contributed by atoms with Crippen molar-refractivity contribution < 1.29 is 18.6 Å². The minimum atomic E-state index is -0.417. The summed E-state index contributed by atoms with van der Waals surface area (Å²) in [6.45, 7) is 4.36. The van der Waals surface area contributed by atoms with E-state index in [1.54, 1.807) is 13.2 Å². The Morgan fingerprint density at radius 1 is 1.15 bits per heavy atom. The summed E-state index contributed by atoms with van der Waals surface area (Å²) < 4.78 is 22.5. The van der Waals surface area contributed by atoms with Gasteiger partial charge in [0.25, 0.3) is 0 Å². The Hall–Kier alpha value is -2.95. The molecule has 3 aromatic rings. The average Bonchev–Trinajstić information content (AvgIpc) is 2.93. The van der Waals surface area contributed by atoms with Crippen molar-refractivity contribution in [1.29, 1.82) is 0 Å². The lowest BCUT2D eigenvalue weighted by Gasteiger charge is -2.18. The minimum absolute atomic E-state index is 0.237. The summed E-state index contributed by atoms with van der Waals surface area (Å²) in [4.78, 5) is 11.9. The zero-order valence-corrected chi connectivity index (χ0v) is 15.0. The maximum Gasteiger partial charge on any atom is 0.336 e. The largest absolute Gasteiger partial charge is 0.497 e. The number of hydrogen-bond donors (Lipinski definition) is 0. The van der Waals surface area contributed by atoms with E-state index in [4.69, 9.17) is 18.6 Å². The average molecular weight is 352 g/mol. The van der Waals surface area contributed by atoms with Gasteiger partial charge in [-0.05, 0) is 32.0 Å². The van der Waals surface area contributed by atoms with E-state index in [0.717, 1.165) is 28.7 Å². The monoisotopic (exact) mass is 352 g/mol. The van der Waals surface area contributed by atoms with Crippen LogP contribution in [0.4, 0.5) is 0 Å². The lowest BCUT2D eigenvalue weighted by Crippen LogP contribution is -2.24. The SMILES string of the molecule is COc1ccc2c(COc3cccc4c3OC(C)(C)C4)cc(=O)oc2c1. The molecule has 2 heterocycles. The highest BCUT2D eigenvalue weighted by Gasteiger charge is 2.32. The minimum Gasteiger partial charge on any atom is -0.497 e. The molecule has 0 spiro atoms. The first kappa shape index (κ1) is 16.5. The molecule has 0 saturated heterocycles. The Bertz CT molecular complexity index is 1030. The predicted molar refractivity (Wildman–Crippen MR) is 98.2 cm³/mol. The Morgan fingerprint density at radius 2 is 2.00 bits per heavy atom. The third-order valence-electron chi connectivity index (χ3n) is 4.48. The zero-order valence-electron chi connectivity index (χ0n) is 15.0. The highest BCUT2D eigenvalue weighted by molar-refractivity contribution is 5.81. The summed E-state index contributed by atoms with van der Waals surface area (Å²) in [5, 5.41) is 0.819. The Kier molecular flexibility index (Phi) is 3.87. The van der Waals surface area contributed by atoms with Crippen molar-refractivity contribution in [2.75, 3.05) is 7.11 Å². The van der Waals surface area contributed by atoms with E-state index in [1.165, 1.54) is 6.07 Å². The number of rotatable bonds is 4. The molecule has 0 aliphatic carbocycles. The van der Waals surface area contributed by atoms with Gasteiger partial charge in [-0.3, -0.25) is 0 Å². The molecule has 0 saturated carbocycles. The van der Waals surface area contributed by atoms with Crippen molar-refractivity contribution in [3.63, 3.8) is 0 Å². The van der Waals surface area contributed by atoms with Crippen LogP contribution < -0.4 is 19.8 Å². The van der Waals surface area contributed by atoms with E-state index >= 15 is 0 Å². The molecule has 2 aromatic carbocycles. The maximum absolute atomic E-state index is 11.9. The van der Waals surface area contributed by atoms with Gasteiger partial charge in [-0.15, -0.1) is 0 Å². The number of benzene rings is 2. The number of hydrogen-bond acceptors (Lipinski definition) is 5. The van der Waals surface area contributed by atoms with Crippen molar-refractivity contribution in [2.45, 2.75) is 32.5 Å². The van der Waals surface area contributed by atoms with Crippen molar-refractivity contribution in [3.05, 3.63) is 64.0 Å². The quantitative estimate of drug-likeness (QED) is 0.662. The van der Waals surface area contributed by atoms with Gasteiger partial charge in [-0.25, -0.2) is 4.79 Å². The van der Waals surface area contributed by atoms with Crippen LogP contribution in [-0.2, 0) is 13.0 Å². The smallest absolute Gasteiger partial charge is 0.336 e. The first-order valence-corrected chi connectivity index (χ1v) is 8.50. The molecular weight excluding hydrogens is 332 g/mol. The van der Waals surface area contributed by atoms with Gasteiger partial charge in [0.05, 0.1) is 7.11 Å². The van der Waals surface area contributed by atoms with Gasteiger partial charge in [0.1, 0.15) is 23.5 Å². The molecule has 1 aromatic heterocycles. The van der Waals surface area contributed by atoms with Crippen LogP contribution in [0.2, 0.25) is 0 Å². The van der Waals surface area contributed by atoms with Gasteiger partial charge in [0.15, 0.2) is 11.5 Å². The van der Waals surface area contributed by atoms with Crippen LogP contribution in [0.25, 0.3) is 11.0 Å². The van der Waals surface area contributed by atoms with Gasteiger partial charge in [-0.2, -0.15) is 0 Å². The highest BCUT2D eigenvalue weighted by Crippen LogP contribution is 2.42. The second kappa shape index (κ2) is 6.09. The first-order valence-electron chi connectivity index (χ1n) is 8.50. The number of fused-ring (bicyclic) bond motifs is 2. The van der Waals surface area contributed by atoms with E-state index < -0.39 is 5.63 Å². The molecule has 0 unspecified atom stereocenters. The molecule has 1 aliphatic rings. The van der Waals surface area contributed by atoms with E-state index in [9.17, 15) is 4.79 Å². The van der Waals surface area contributed by atoms with Crippen molar-refractivity contribution in [1.82, 2.24) is 0 Å². The Morgan fingerprint density at radius 3 is 2.81 bits per heavy atom. The molecule has 5 nitrogen and oxygen atoms in total. The first-order chi connectivity index (χ1) is 12.4. The molecule has 0 radical (unpaired) electrons. The summed E-state index contributed by atoms with van der Waals surface area (Å²) in [7, 11) is 1.57. The van der Waals surface area contributed by atoms with Gasteiger partial charge >= 0.3 is 5.63 Å². The molecule has 1 aliphatic heterocycles. The summed E-state index contributed by atoms with van der Waals surface area (Å²) in [5.74, 6) is 2.10. The van der Waals surface area contributed by atoms with Crippen molar-refractivity contribution >= 4 is 11.0 Å². The second-order valence-electron chi connectivity index (χ2n) is 7.02. The molecule has 0 fully saturated rings. The summed E-state index contributed by atoms with van der Waals surface area (Å²) in [6.07, 6.45) is 0.844. The molecule has 0 atom stereocenters. The van der Waals surface area contributed by atoms with Gasteiger partial charge in [0, 0.05) is 35.1 Å². The number of ether oxygens (including phenoxy) is 3. The van der Waals surface area contributed by atoms with Crippen LogP contribution in [0.3, 0.4) is 0 Å². The predicted octanol–water partition coefficient (Wildman–Crippen LogP) is 4.09. The Balaban J connectivity index is 1.66. The molecule has 134 valence electrons. The normalized spacial score (nSPS) is 14.7. The summed E-state index contributed by atoms with van der Waals surface area (Å²) in [6, 6.07) is 12.8. The van der Waals surface area contributed by atoms with Crippen LogP contribution in [-0.4, -0.2) is 12.7 Å². The van der Waals surface area contributed by atoms with E-state index in [0.29, 0.717) is 17.1 Å². The van der Waals surface area contributed by atoms with Crippen LogP contribution in [0.1, 0.15) is 25.0 Å². The standard InChI is InChI=1S/C21H20O5/c1-21(2)11-13-5-4-6-17(20(13)26-21)24-12-14-9-19(22)25-18-10-15(23-3)7-8-16(14)18/h4-10H,11-12H2,1-3H3. The third-order valence-corrected chi connectivity index (χ3v) is 4.48. The van der Waals surface area contributed by atoms with Crippen LogP contribution in [0.5, 0.6) is 17.2 Å². The molecular formula is C21H20O5. The molecule has 0 bridgehead atoms. The Labute approximate surface area is 151 Å². The number of methoxy groups -OCH3 is 1. The fraction of sp³-hybridized carbons (Fsp3) is 0.286. The van der Waals surface area contributed by atoms with E-state index in [2.05, 4.69) is 19.9 Å². The van der Waals surface area contributed by atoms with Crippen LogP contribution >= 0.6 is 0 Å². The highest BCUT2D eigenvalue weighted by atomic mass is 16.5. The van der Waals surface area contributed by atoms with Gasteiger partial charge in [0.2, 0.25) is 0 Å².